The summed E-state index contributed by atoms with van der Waals surface area (Å²) in [4.78, 5) is 10.5. The fourth-order valence-electron chi connectivity index (χ4n) is 6.16. The van der Waals surface area contributed by atoms with Gasteiger partial charge in [0.05, 0.1) is 0 Å². The van der Waals surface area contributed by atoms with Gasteiger partial charge in [0, 0.05) is 50.8 Å². The largest absolute Gasteiger partial charge is 0.357 e. The summed E-state index contributed by atoms with van der Waals surface area (Å²) in [6, 6.07) is 12.9. The Hall–Kier alpha value is -1.59. The molecule has 3 fully saturated rings. The van der Waals surface area contributed by atoms with Crippen LogP contribution in [0.5, 0.6) is 0 Å². The predicted molar refractivity (Wildman–Crippen MR) is 135 cm³/mol. The van der Waals surface area contributed by atoms with Crippen LogP contribution < -0.4 is 10.6 Å². The number of piperidine rings is 2. The van der Waals surface area contributed by atoms with Crippen molar-refractivity contribution in [3.8, 4) is 0 Å². The third kappa shape index (κ3) is 6.48. The Kier molecular flexibility index (Phi) is 8.48. The first-order chi connectivity index (χ1) is 15.6. The topological polar surface area (TPSA) is 42.9 Å². The molecule has 0 spiro atoms. The molecular formula is C27H45N5. The van der Waals surface area contributed by atoms with Crippen molar-refractivity contribution in [3.63, 3.8) is 0 Å². The predicted octanol–water partition coefficient (Wildman–Crippen LogP) is 4.11. The van der Waals surface area contributed by atoms with Crippen molar-refractivity contribution in [3.05, 3.63) is 35.9 Å². The molecule has 2 bridgehead atoms. The minimum absolute atomic E-state index is 0.543. The van der Waals surface area contributed by atoms with Crippen molar-refractivity contribution < 1.29 is 0 Å². The quantitative estimate of drug-likeness (QED) is 0.473. The molecule has 3 aliphatic rings. The van der Waals surface area contributed by atoms with Crippen molar-refractivity contribution >= 4 is 5.96 Å². The number of benzene rings is 1. The summed E-state index contributed by atoms with van der Waals surface area (Å²) in [5.74, 6) is 2.48. The molecule has 3 saturated heterocycles. The maximum atomic E-state index is 5.06. The summed E-state index contributed by atoms with van der Waals surface area (Å²) in [7, 11) is 0. The van der Waals surface area contributed by atoms with Crippen molar-refractivity contribution in [2.45, 2.75) is 84.0 Å². The Labute approximate surface area is 196 Å². The van der Waals surface area contributed by atoms with Crippen molar-refractivity contribution in [1.29, 1.82) is 0 Å². The van der Waals surface area contributed by atoms with Gasteiger partial charge in [-0.3, -0.25) is 9.89 Å². The van der Waals surface area contributed by atoms with Gasteiger partial charge < -0.3 is 15.5 Å². The third-order valence-electron chi connectivity index (χ3n) is 7.51. The molecule has 2 N–H and O–H groups in total. The summed E-state index contributed by atoms with van der Waals surface area (Å²) in [6.07, 6.45) is 7.80. The van der Waals surface area contributed by atoms with Gasteiger partial charge in [-0.1, -0.05) is 44.2 Å². The molecule has 3 aliphatic heterocycles. The lowest BCUT2D eigenvalue weighted by molar-refractivity contribution is 0.114. The van der Waals surface area contributed by atoms with Gasteiger partial charge in [0.2, 0.25) is 0 Å². The highest BCUT2D eigenvalue weighted by Crippen LogP contribution is 2.36. The second-order valence-electron chi connectivity index (χ2n) is 10.7. The minimum atomic E-state index is 0.543. The Bertz CT molecular complexity index is 704. The SMILES string of the molecule is CCNC(=NCC1CCCN(CC(C)C)C1)NC1CC2CCC(C1)N2Cc1ccccc1. The number of hydrogen-bond acceptors (Lipinski definition) is 3. The van der Waals surface area contributed by atoms with Crippen LogP contribution in [-0.2, 0) is 6.54 Å². The number of aliphatic imine (C=N–C) groups is 1. The Balaban J connectivity index is 1.30. The van der Waals surface area contributed by atoms with Crippen LogP contribution >= 0.6 is 0 Å². The van der Waals surface area contributed by atoms with Crippen LogP contribution in [0.4, 0.5) is 0 Å². The Morgan fingerprint density at radius 1 is 1.09 bits per heavy atom. The van der Waals surface area contributed by atoms with E-state index in [1.807, 2.05) is 0 Å². The molecule has 1 aromatic carbocycles. The zero-order chi connectivity index (χ0) is 22.3. The maximum absolute atomic E-state index is 5.06. The fourth-order valence-corrected chi connectivity index (χ4v) is 6.16. The monoisotopic (exact) mass is 439 g/mol. The summed E-state index contributed by atoms with van der Waals surface area (Å²) < 4.78 is 0. The minimum Gasteiger partial charge on any atom is -0.357 e. The van der Waals surface area contributed by atoms with E-state index in [4.69, 9.17) is 4.99 Å². The average molecular weight is 440 g/mol. The molecule has 178 valence electrons. The van der Waals surface area contributed by atoms with Gasteiger partial charge in [0.1, 0.15) is 0 Å². The summed E-state index contributed by atoms with van der Waals surface area (Å²) >= 11 is 0. The molecule has 3 unspecified atom stereocenters. The summed E-state index contributed by atoms with van der Waals surface area (Å²) in [5.41, 5.74) is 1.45. The number of hydrogen-bond donors (Lipinski definition) is 2. The van der Waals surface area contributed by atoms with E-state index in [0.29, 0.717) is 24.0 Å². The first-order valence-corrected chi connectivity index (χ1v) is 13.2. The highest BCUT2D eigenvalue weighted by atomic mass is 15.3. The van der Waals surface area contributed by atoms with Crippen molar-refractivity contribution in [1.82, 2.24) is 20.4 Å². The van der Waals surface area contributed by atoms with Gasteiger partial charge in [0.15, 0.2) is 5.96 Å². The van der Waals surface area contributed by atoms with Gasteiger partial charge in [0.25, 0.3) is 0 Å². The normalized spacial score (nSPS) is 29.4. The molecule has 32 heavy (non-hydrogen) atoms. The van der Waals surface area contributed by atoms with Crippen molar-refractivity contribution in [2.24, 2.45) is 16.8 Å². The number of fused-ring (bicyclic) bond motifs is 2. The molecule has 5 heteroatoms. The average Bonchev–Trinajstić information content (AvgIpc) is 3.00. The van der Waals surface area contributed by atoms with Gasteiger partial charge in [-0.25, -0.2) is 0 Å². The Morgan fingerprint density at radius 2 is 1.84 bits per heavy atom. The van der Waals surface area contributed by atoms with Crippen LogP contribution in [0.15, 0.2) is 35.3 Å². The lowest BCUT2D eigenvalue weighted by atomic mass is 9.96. The van der Waals surface area contributed by atoms with E-state index in [-0.39, 0.29) is 0 Å². The zero-order valence-electron chi connectivity index (χ0n) is 20.6. The van der Waals surface area contributed by atoms with E-state index >= 15 is 0 Å². The van der Waals surface area contributed by atoms with E-state index in [9.17, 15) is 0 Å². The van der Waals surface area contributed by atoms with E-state index in [2.05, 4.69) is 71.5 Å². The smallest absolute Gasteiger partial charge is 0.191 e. The lowest BCUT2D eigenvalue weighted by Crippen LogP contribution is -2.52. The molecule has 0 aliphatic carbocycles. The number of guanidine groups is 1. The molecule has 4 rings (SSSR count). The first-order valence-electron chi connectivity index (χ1n) is 13.2. The molecule has 1 aromatic rings. The maximum Gasteiger partial charge on any atom is 0.191 e. The number of likely N-dealkylation sites (tertiary alicyclic amines) is 1. The van der Waals surface area contributed by atoms with E-state index in [1.54, 1.807) is 0 Å². The van der Waals surface area contributed by atoms with Crippen LogP contribution in [0.1, 0.15) is 64.9 Å². The van der Waals surface area contributed by atoms with Crippen LogP contribution in [0.3, 0.4) is 0 Å². The number of nitrogens with one attached hydrogen (secondary N) is 2. The van der Waals surface area contributed by atoms with Crippen LogP contribution in [0, 0.1) is 11.8 Å². The zero-order valence-corrected chi connectivity index (χ0v) is 20.6. The second kappa shape index (κ2) is 11.5. The van der Waals surface area contributed by atoms with Crippen LogP contribution in [0.2, 0.25) is 0 Å². The van der Waals surface area contributed by atoms with Gasteiger partial charge in [-0.05, 0) is 69.4 Å². The molecule has 3 atom stereocenters. The van der Waals surface area contributed by atoms with Gasteiger partial charge in [-0.2, -0.15) is 0 Å². The van der Waals surface area contributed by atoms with E-state index in [1.165, 1.54) is 63.7 Å². The van der Waals surface area contributed by atoms with Crippen LogP contribution in [-0.4, -0.2) is 66.6 Å². The number of nitrogens with zero attached hydrogens (tertiary/aromatic N) is 3. The first kappa shape index (κ1) is 23.6. The van der Waals surface area contributed by atoms with Crippen LogP contribution in [0.25, 0.3) is 0 Å². The lowest BCUT2D eigenvalue weighted by Gasteiger charge is -2.39. The van der Waals surface area contributed by atoms with E-state index < -0.39 is 0 Å². The molecular weight excluding hydrogens is 394 g/mol. The summed E-state index contributed by atoms with van der Waals surface area (Å²) in [6.45, 7) is 13.5. The molecule has 0 radical (unpaired) electrons. The molecule has 0 aromatic heterocycles. The van der Waals surface area contributed by atoms with Crippen molar-refractivity contribution in [2.75, 3.05) is 32.7 Å². The highest BCUT2D eigenvalue weighted by Gasteiger charge is 2.40. The number of rotatable bonds is 8. The van der Waals surface area contributed by atoms with E-state index in [0.717, 1.165) is 31.5 Å². The molecule has 0 saturated carbocycles. The van der Waals surface area contributed by atoms with Gasteiger partial charge >= 0.3 is 0 Å². The second-order valence-corrected chi connectivity index (χ2v) is 10.7. The fraction of sp³-hybridized carbons (Fsp3) is 0.741. The highest BCUT2D eigenvalue weighted by molar-refractivity contribution is 5.80. The summed E-state index contributed by atoms with van der Waals surface area (Å²) in [5, 5.41) is 7.35. The van der Waals surface area contributed by atoms with Gasteiger partial charge in [-0.15, -0.1) is 0 Å². The molecule has 0 amide bonds. The molecule has 5 nitrogen and oxygen atoms in total. The standard InChI is InChI=1S/C27H45N5/c1-4-28-27(29-17-23-11-8-14-31(19-23)18-21(2)3)30-24-15-25-12-13-26(16-24)32(25)20-22-9-6-5-7-10-22/h5-7,9-10,21,23-26H,4,8,11-20H2,1-3H3,(H2,28,29,30). The molecule has 3 heterocycles. The Morgan fingerprint density at radius 3 is 2.53 bits per heavy atom. The third-order valence-corrected chi connectivity index (χ3v) is 7.51.